The van der Waals surface area contributed by atoms with Crippen LogP contribution in [0.2, 0.25) is 0 Å². The summed E-state index contributed by atoms with van der Waals surface area (Å²) in [7, 11) is 2.01. The Morgan fingerprint density at radius 3 is 2.53 bits per heavy atom. The molecule has 0 spiro atoms. The van der Waals surface area contributed by atoms with E-state index in [0.29, 0.717) is 5.82 Å². The van der Waals surface area contributed by atoms with E-state index in [4.69, 9.17) is 5.73 Å². The number of anilines is 1. The Morgan fingerprint density at radius 2 is 2.00 bits per heavy atom. The van der Waals surface area contributed by atoms with Crippen molar-refractivity contribution in [1.82, 2.24) is 14.5 Å². The van der Waals surface area contributed by atoms with Gasteiger partial charge in [-0.25, -0.2) is 9.97 Å². The second kappa shape index (κ2) is 2.95. The van der Waals surface area contributed by atoms with Crippen LogP contribution in [0.1, 0.15) is 26.6 Å². The van der Waals surface area contributed by atoms with Crippen molar-refractivity contribution >= 4 is 16.9 Å². The SMILES string of the molecule is Cn1c(C(C)(C)C)nc2c(N)nccc21. The highest BCUT2D eigenvalue weighted by Crippen LogP contribution is 2.26. The summed E-state index contributed by atoms with van der Waals surface area (Å²) in [5, 5.41) is 0. The first kappa shape index (κ1) is 9.96. The summed E-state index contributed by atoms with van der Waals surface area (Å²) in [4.78, 5) is 8.60. The number of nitrogens with two attached hydrogens (primary N) is 1. The molecule has 2 aromatic heterocycles. The topological polar surface area (TPSA) is 56.7 Å². The van der Waals surface area contributed by atoms with Crippen LogP contribution in [0.5, 0.6) is 0 Å². The number of rotatable bonds is 0. The smallest absolute Gasteiger partial charge is 0.151 e. The van der Waals surface area contributed by atoms with E-state index in [2.05, 4.69) is 35.3 Å². The fraction of sp³-hybridized carbons (Fsp3) is 0.455. The normalized spacial score (nSPS) is 12.3. The van der Waals surface area contributed by atoms with Crippen LogP contribution in [-0.2, 0) is 12.5 Å². The van der Waals surface area contributed by atoms with Crippen molar-refractivity contribution in [2.45, 2.75) is 26.2 Å². The highest BCUT2D eigenvalue weighted by Gasteiger charge is 2.21. The molecule has 15 heavy (non-hydrogen) atoms. The lowest BCUT2D eigenvalue weighted by Gasteiger charge is -2.17. The van der Waals surface area contributed by atoms with E-state index in [0.717, 1.165) is 16.9 Å². The number of nitrogen functional groups attached to an aromatic ring is 1. The Morgan fingerprint density at radius 1 is 1.33 bits per heavy atom. The van der Waals surface area contributed by atoms with Gasteiger partial charge in [-0.3, -0.25) is 0 Å². The van der Waals surface area contributed by atoms with Gasteiger partial charge < -0.3 is 10.3 Å². The summed E-state index contributed by atoms with van der Waals surface area (Å²) in [6.07, 6.45) is 1.71. The molecule has 0 fully saturated rings. The molecule has 0 atom stereocenters. The largest absolute Gasteiger partial charge is 0.382 e. The molecule has 0 aliphatic rings. The van der Waals surface area contributed by atoms with Crippen molar-refractivity contribution in [1.29, 1.82) is 0 Å². The van der Waals surface area contributed by atoms with E-state index in [1.165, 1.54) is 0 Å². The van der Waals surface area contributed by atoms with E-state index in [-0.39, 0.29) is 5.41 Å². The molecule has 0 amide bonds. The Labute approximate surface area is 89.1 Å². The number of imidazole rings is 1. The highest BCUT2D eigenvalue weighted by molar-refractivity contribution is 5.85. The molecule has 4 nitrogen and oxygen atoms in total. The van der Waals surface area contributed by atoms with E-state index >= 15 is 0 Å². The lowest BCUT2D eigenvalue weighted by atomic mass is 9.96. The van der Waals surface area contributed by atoms with Crippen LogP contribution in [0, 0.1) is 0 Å². The number of fused-ring (bicyclic) bond motifs is 1. The van der Waals surface area contributed by atoms with Crippen LogP contribution in [-0.4, -0.2) is 14.5 Å². The summed E-state index contributed by atoms with van der Waals surface area (Å²) in [6.45, 7) is 6.41. The van der Waals surface area contributed by atoms with Gasteiger partial charge in [-0.05, 0) is 6.07 Å². The van der Waals surface area contributed by atoms with E-state index < -0.39 is 0 Å². The number of aromatic nitrogens is 3. The second-order valence-corrected chi connectivity index (χ2v) is 4.81. The third-order valence-electron chi connectivity index (χ3n) is 2.50. The van der Waals surface area contributed by atoms with Crippen LogP contribution in [0.3, 0.4) is 0 Å². The molecular formula is C11H16N4. The van der Waals surface area contributed by atoms with Crippen molar-refractivity contribution in [2.24, 2.45) is 7.05 Å². The molecule has 0 bridgehead atoms. The van der Waals surface area contributed by atoms with Gasteiger partial charge in [0.2, 0.25) is 0 Å². The Hall–Kier alpha value is -1.58. The first-order valence-corrected chi connectivity index (χ1v) is 4.98. The summed E-state index contributed by atoms with van der Waals surface area (Å²) in [5.41, 5.74) is 7.64. The quantitative estimate of drug-likeness (QED) is 0.712. The molecule has 4 heteroatoms. The van der Waals surface area contributed by atoms with Gasteiger partial charge >= 0.3 is 0 Å². The maximum absolute atomic E-state index is 5.79. The lowest BCUT2D eigenvalue weighted by Crippen LogP contribution is -2.17. The van der Waals surface area contributed by atoms with Crippen LogP contribution in [0.25, 0.3) is 11.0 Å². The van der Waals surface area contributed by atoms with Gasteiger partial charge in [0.25, 0.3) is 0 Å². The van der Waals surface area contributed by atoms with E-state index in [1.54, 1.807) is 6.20 Å². The summed E-state index contributed by atoms with van der Waals surface area (Å²) in [6, 6.07) is 1.94. The number of nitrogens with zero attached hydrogens (tertiary/aromatic N) is 3. The van der Waals surface area contributed by atoms with E-state index in [1.807, 2.05) is 13.1 Å². The molecule has 0 aliphatic heterocycles. The maximum Gasteiger partial charge on any atom is 0.151 e. The van der Waals surface area contributed by atoms with Gasteiger partial charge in [0, 0.05) is 18.7 Å². The monoisotopic (exact) mass is 204 g/mol. The zero-order valence-electron chi connectivity index (χ0n) is 9.57. The van der Waals surface area contributed by atoms with Crippen molar-refractivity contribution in [3.05, 3.63) is 18.1 Å². The maximum atomic E-state index is 5.79. The lowest BCUT2D eigenvalue weighted by molar-refractivity contribution is 0.527. The fourth-order valence-corrected chi connectivity index (χ4v) is 1.81. The highest BCUT2D eigenvalue weighted by atomic mass is 15.1. The van der Waals surface area contributed by atoms with Crippen LogP contribution < -0.4 is 5.73 Å². The molecule has 2 heterocycles. The number of hydrogen-bond acceptors (Lipinski definition) is 3. The van der Waals surface area contributed by atoms with Gasteiger partial charge in [0.1, 0.15) is 11.3 Å². The minimum atomic E-state index is 0.0141. The molecule has 2 rings (SSSR count). The third kappa shape index (κ3) is 1.46. The van der Waals surface area contributed by atoms with Gasteiger partial charge in [-0.15, -0.1) is 0 Å². The molecule has 0 aliphatic carbocycles. The number of aryl methyl sites for hydroxylation is 1. The predicted molar refractivity (Wildman–Crippen MR) is 61.6 cm³/mol. The zero-order chi connectivity index (χ0) is 11.2. The van der Waals surface area contributed by atoms with Gasteiger partial charge in [0.15, 0.2) is 5.82 Å². The number of hydrogen-bond donors (Lipinski definition) is 1. The third-order valence-corrected chi connectivity index (χ3v) is 2.50. The zero-order valence-corrected chi connectivity index (χ0v) is 9.57. The molecule has 0 saturated heterocycles. The Balaban J connectivity index is 2.81. The average molecular weight is 204 g/mol. The molecule has 0 radical (unpaired) electrons. The van der Waals surface area contributed by atoms with Crippen molar-refractivity contribution in [3.63, 3.8) is 0 Å². The first-order valence-electron chi connectivity index (χ1n) is 4.98. The summed E-state index contributed by atoms with van der Waals surface area (Å²) in [5.74, 6) is 1.52. The molecule has 80 valence electrons. The van der Waals surface area contributed by atoms with Crippen molar-refractivity contribution in [2.75, 3.05) is 5.73 Å². The Bertz CT molecular complexity index is 505. The van der Waals surface area contributed by atoms with E-state index in [9.17, 15) is 0 Å². The molecule has 2 N–H and O–H groups in total. The minimum absolute atomic E-state index is 0.0141. The summed E-state index contributed by atoms with van der Waals surface area (Å²) < 4.78 is 2.08. The van der Waals surface area contributed by atoms with Gasteiger partial charge in [0.05, 0.1) is 5.52 Å². The average Bonchev–Trinajstić information content (AvgIpc) is 2.45. The molecule has 0 unspecified atom stereocenters. The molecule has 0 saturated carbocycles. The first-order chi connectivity index (χ1) is 6.91. The Kier molecular flexibility index (Phi) is 1.96. The van der Waals surface area contributed by atoms with Crippen molar-refractivity contribution in [3.8, 4) is 0 Å². The van der Waals surface area contributed by atoms with Gasteiger partial charge in [-0.2, -0.15) is 0 Å². The molecule has 0 aromatic carbocycles. The standard InChI is InChI=1S/C11H16N4/c1-11(2,3)10-14-8-7(15(10)4)5-6-13-9(8)12/h5-6H,1-4H3,(H2,12,13). The summed E-state index contributed by atoms with van der Waals surface area (Å²) >= 11 is 0. The van der Waals surface area contributed by atoms with Crippen LogP contribution >= 0.6 is 0 Å². The minimum Gasteiger partial charge on any atom is -0.382 e. The molecule has 2 aromatic rings. The predicted octanol–water partition coefficient (Wildman–Crippen LogP) is 1.85. The number of pyridine rings is 1. The molecular weight excluding hydrogens is 188 g/mol. The van der Waals surface area contributed by atoms with Gasteiger partial charge in [-0.1, -0.05) is 20.8 Å². The van der Waals surface area contributed by atoms with Crippen LogP contribution in [0.15, 0.2) is 12.3 Å². The van der Waals surface area contributed by atoms with Crippen LogP contribution in [0.4, 0.5) is 5.82 Å². The second-order valence-electron chi connectivity index (χ2n) is 4.81. The van der Waals surface area contributed by atoms with Crippen molar-refractivity contribution < 1.29 is 0 Å². The fourth-order valence-electron chi connectivity index (χ4n) is 1.81.